The third kappa shape index (κ3) is 5.72. The first-order valence-electron chi connectivity index (χ1n) is 9.58. The molecule has 1 N–H and O–H groups in total. The molecule has 1 aromatic carbocycles. The number of anilines is 2. The Morgan fingerprint density at radius 1 is 1.31 bits per heavy atom. The Morgan fingerprint density at radius 3 is 2.76 bits per heavy atom. The van der Waals surface area contributed by atoms with Crippen LogP contribution in [0.15, 0.2) is 35.7 Å². The number of hydrogen-bond acceptors (Lipinski definition) is 5. The second kappa shape index (κ2) is 10.1. The molecule has 1 atom stereocenters. The number of nitrogens with one attached hydrogen (secondary N) is 1. The van der Waals surface area contributed by atoms with E-state index in [1.807, 2.05) is 59.6 Å². The van der Waals surface area contributed by atoms with Crippen molar-refractivity contribution >= 4 is 46.1 Å². The second-order valence-electron chi connectivity index (χ2n) is 7.22. The summed E-state index contributed by atoms with van der Waals surface area (Å²) in [5.41, 5.74) is 2.60. The third-order valence-corrected chi connectivity index (χ3v) is 5.90. The van der Waals surface area contributed by atoms with Crippen LogP contribution in [0.5, 0.6) is 0 Å². The zero-order chi connectivity index (χ0) is 20.8. The Bertz CT molecular complexity index is 836. The molecule has 29 heavy (non-hydrogen) atoms. The average Bonchev–Trinajstić information content (AvgIpc) is 3.41. The SMILES string of the molecule is CN(C)c1ccc(NC(=O)CCl)cc1CN(CC1CCCO1)C(=O)c1cccs1. The largest absolute Gasteiger partial charge is 0.377 e. The first-order valence-corrected chi connectivity index (χ1v) is 11.0. The molecule has 1 aromatic heterocycles. The molecule has 8 heteroatoms. The average molecular weight is 436 g/mol. The summed E-state index contributed by atoms with van der Waals surface area (Å²) in [6.07, 6.45) is 2.04. The summed E-state index contributed by atoms with van der Waals surface area (Å²) >= 11 is 7.05. The summed E-state index contributed by atoms with van der Waals surface area (Å²) < 4.78 is 5.78. The standard InChI is InChI=1S/C21H26ClN3O3S/c1-24(2)18-8-7-16(23-20(26)12-22)11-15(18)13-25(14-17-5-3-9-28-17)21(27)19-6-4-10-29-19/h4,6-8,10-11,17H,3,5,9,12-14H2,1-2H3,(H,23,26). The number of halogens is 1. The normalized spacial score (nSPS) is 15.9. The summed E-state index contributed by atoms with van der Waals surface area (Å²) in [7, 11) is 3.92. The summed E-state index contributed by atoms with van der Waals surface area (Å²) in [4.78, 5) is 29.4. The Labute approximate surface area is 180 Å². The van der Waals surface area contributed by atoms with E-state index in [0.29, 0.717) is 23.7 Å². The number of amides is 2. The Balaban J connectivity index is 1.88. The topological polar surface area (TPSA) is 61.9 Å². The first-order chi connectivity index (χ1) is 14.0. The van der Waals surface area contributed by atoms with Crippen molar-refractivity contribution in [2.45, 2.75) is 25.5 Å². The van der Waals surface area contributed by atoms with Gasteiger partial charge in [0.2, 0.25) is 5.91 Å². The number of rotatable bonds is 8. The maximum atomic E-state index is 13.2. The maximum Gasteiger partial charge on any atom is 0.264 e. The van der Waals surface area contributed by atoms with Gasteiger partial charge in [0.1, 0.15) is 5.88 Å². The van der Waals surface area contributed by atoms with Gasteiger partial charge in [-0.25, -0.2) is 0 Å². The number of benzene rings is 1. The van der Waals surface area contributed by atoms with Crippen LogP contribution in [-0.4, -0.2) is 55.9 Å². The minimum atomic E-state index is -0.263. The molecule has 0 aliphatic carbocycles. The molecule has 1 saturated heterocycles. The van der Waals surface area contributed by atoms with Gasteiger partial charge in [0.15, 0.2) is 0 Å². The molecule has 2 heterocycles. The maximum absolute atomic E-state index is 13.2. The lowest BCUT2D eigenvalue weighted by Gasteiger charge is -2.28. The smallest absolute Gasteiger partial charge is 0.264 e. The van der Waals surface area contributed by atoms with Gasteiger partial charge in [-0.2, -0.15) is 0 Å². The van der Waals surface area contributed by atoms with Crippen molar-refractivity contribution in [3.8, 4) is 0 Å². The summed E-state index contributed by atoms with van der Waals surface area (Å²) in [6.45, 7) is 1.71. The van der Waals surface area contributed by atoms with Crippen molar-refractivity contribution in [2.24, 2.45) is 0 Å². The number of ether oxygens (including phenoxy) is 1. The molecule has 0 radical (unpaired) electrons. The van der Waals surface area contributed by atoms with E-state index in [4.69, 9.17) is 16.3 Å². The quantitative estimate of drug-likeness (QED) is 0.640. The van der Waals surface area contributed by atoms with Crippen molar-refractivity contribution < 1.29 is 14.3 Å². The Morgan fingerprint density at radius 2 is 2.14 bits per heavy atom. The van der Waals surface area contributed by atoms with Gasteiger partial charge < -0.3 is 19.9 Å². The van der Waals surface area contributed by atoms with Gasteiger partial charge in [0.05, 0.1) is 11.0 Å². The monoisotopic (exact) mass is 435 g/mol. The van der Waals surface area contributed by atoms with Gasteiger partial charge in [-0.05, 0) is 48.1 Å². The van der Waals surface area contributed by atoms with Crippen molar-refractivity contribution in [3.63, 3.8) is 0 Å². The van der Waals surface area contributed by atoms with E-state index in [2.05, 4.69) is 5.32 Å². The Kier molecular flexibility index (Phi) is 7.52. The van der Waals surface area contributed by atoms with Crippen LogP contribution in [0.1, 0.15) is 28.1 Å². The molecule has 1 unspecified atom stereocenters. The molecule has 156 valence electrons. The fraction of sp³-hybridized carbons (Fsp3) is 0.429. The van der Waals surface area contributed by atoms with Gasteiger partial charge >= 0.3 is 0 Å². The first kappa shape index (κ1) is 21.6. The number of hydrogen-bond donors (Lipinski definition) is 1. The van der Waals surface area contributed by atoms with Crippen LogP contribution in [0.25, 0.3) is 0 Å². The van der Waals surface area contributed by atoms with E-state index in [1.165, 1.54) is 11.3 Å². The molecular formula is C21H26ClN3O3S. The van der Waals surface area contributed by atoms with Crippen LogP contribution in [0, 0.1) is 0 Å². The number of carbonyl (C=O) groups excluding carboxylic acids is 2. The van der Waals surface area contributed by atoms with Crippen LogP contribution < -0.4 is 10.2 Å². The fourth-order valence-electron chi connectivity index (χ4n) is 3.44. The highest BCUT2D eigenvalue weighted by atomic mass is 35.5. The van der Waals surface area contributed by atoms with Crippen LogP contribution in [0.2, 0.25) is 0 Å². The van der Waals surface area contributed by atoms with Crippen LogP contribution in [-0.2, 0) is 16.1 Å². The number of nitrogens with zero attached hydrogens (tertiary/aromatic N) is 2. The van der Waals surface area contributed by atoms with E-state index in [9.17, 15) is 9.59 Å². The molecular weight excluding hydrogens is 410 g/mol. The number of alkyl halides is 1. The lowest BCUT2D eigenvalue weighted by atomic mass is 10.1. The molecule has 2 amide bonds. The predicted octanol–water partition coefficient (Wildman–Crippen LogP) is 3.81. The molecule has 0 spiro atoms. The zero-order valence-corrected chi connectivity index (χ0v) is 18.3. The molecule has 1 aliphatic rings. The zero-order valence-electron chi connectivity index (χ0n) is 16.7. The van der Waals surface area contributed by atoms with Gasteiger partial charge in [-0.1, -0.05) is 6.07 Å². The van der Waals surface area contributed by atoms with Crippen LogP contribution in [0.4, 0.5) is 11.4 Å². The highest BCUT2D eigenvalue weighted by Crippen LogP contribution is 2.27. The molecule has 1 fully saturated rings. The van der Waals surface area contributed by atoms with Crippen molar-refractivity contribution in [3.05, 3.63) is 46.2 Å². The van der Waals surface area contributed by atoms with E-state index >= 15 is 0 Å². The molecule has 1 aliphatic heterocycles. The summed E-state index contributed by atoms with van der Waals surface area (Å²) in [6, 6.07) is 9.42. The van der Waals surface area contributed by atoms with Crippen LogP contribution in [0.3, 0.4) is 0 Å². The van der Waals surface area contributed by atoms with Crippen molar-refractivity contribution in [1.29, 1.82) is 0 Å². The van der Waals surface area contributed by atoms with Crippen LogP contribution >= 0.6 is 22.9 Å². The Hall–Kier alpha value is -2.09. The van der Waals surface area contributed by atoms with Crippen molar-refractivity contribution in [1.82, 2.24) is 4.90 Å². The lowest BCUT2D eigenvalue weighted by Crippen LogP contribution is -2.37. The highest BCUT2D eigenvalue weighted by molar-refractivity contribution is 7.12. The van der Waals surface area contributed by atoms with E-state index in [0.717, 1.165) is 30.7 Å². The van der Waals surface area contributed by atoms with Gasteiger partial charge in [-0.3, -0.25) is 9.59 Å². The minimum absolute atomic E-state index is 0.00426. The lowest BCUT2D eigenvalue weighted by molar-refractivity contribution is -0.113. The van der Waals surface area contributed by atoms with E-state index < -0.39 is 0 Å². The summed E-state index contributed by atoms with van der Waals surface area (Å²) in [5, 5.41) is 4.69. The number of carbonyl (C=O) groups is 2. The molecule has 6 nitrogen and oxygen atoms in total. The van der Waals surface area contributed by atoms with Crippen molar-refractivity contribution in [2.75, 3.05) is 43.3 Å². The van der Waals surface area contributed by atoms with Gasteiger partial charge in [0.25, 0.3) is 5.91 Å². The van der Waals surface area contributed by atoms with E-state index in [1.54, 1.807) is 0 Å². The third-order valence-electron chi connectivity index (χ3n) is 4.79. The molecule has 3 rings (SSSR count). The molecule has 2 aromatic rings. The van der Waals surface area contributed by atoms with Gasteiger partial charge in [-0.15, -0.1) is 22.9 Å². The highest BCUT2D eigenvalue weighted by Gasteiger charge is 2.25. The second-order valence-corrected chi connectivity index (χ2v) is 8.43. The van der Waals surface area contributed by atoms with Gasteiger partial charge in [0, 0.05) is 45.2 Å². The number of thiophene rings is 1. The molecule has 0 saturated carbocycles. The summed E-state index contributed by atoms with van der Waals surface area (Å²) in [5.74, 6) is -0.372. The fourth-order valence-corrected chi connectivity index (χ4v) is 4.19. The predicted molar refractivity (Wildman–Crippen MR) is 118 cm³/mol. The van der Waals surface area contributed by atoms with E-state index in [-0.39, 0.29) is 23.8 Å². The minimum Gasteiger partial charge on any atom is -0.377 e. The molecule has 0 bridgehead atoms.